The van der Waals surface area contributed by atoms with Crippen LogP contribution < -0.4 is 0 Å². The topological polar surface area (TPSA) is 76.1 Å². The second-order valence-corrected chi connectivity index (χ2v) is 5.17. The van der Waals surface area contributed by atoms with Crippen LogP contribution in [0.2, 0.25) is 0 Å². The molecule has 19 heavy (non-hydrogen) atoms. The minimum Gasteiger partial charge on any atom is -0.479 e. The van der Waals surface area contributed by atoms with Gasteiger partial charge >= 0.3 is 12.1 Å². The van der Waals surface area contributed by atoms with E-state index in [4.69, 9.17) is 14.6 Å². The van der Waals surface area contributed by atoms with Gasteiger partial charge in [-0.2, -0.15) is 0 Å². The average molecular weight is 273 g/mol. The number of aliphatic carboxylic acids is 1. The molecule has 2 unspecified atom stereocenters. The molecular weight excluding hydrogens is 250 g/mol. The molecule has 6 heteroatoms. The molecule has 0 aromatic carbocycles. The first-order valence-corrected chi connectivity index (χ1v) is 6.70. The first-order chi connectivity index (χ1) is 8.90. The Morgan fingerprint density at radius 1 is 1.37 bits per heavy atom. The fraction of sp³-hybridized carbons (Fsp3) is 0.846. The molecule has 0 aromatic heterocycles. The van der Waals surface area contributed by atoms with Gasteiger partial charge in [-0.05, 0) is 39.5 Å². The van der Waals surface area contributed by atoms with Gasteiger partial charge in [0.25, 0.3) is 0 Å². The third-order valence-electron chi connectivity index (χ3n) is 3.12. The van der Waals surface area contributed by atoms with Crippen LogP contribution in [0.4, 0.5) is 4.79 Å². The van der Waals surface area contributed by atoms with Crippen LogP contribution in [0.25, 0.3) is 0 Å². The maximum atomic E-state index is 11.7. The highest BCUT2D eigenvalue weighted by Crippen LogP contribution is 2.20. The number of carboxylic acids is 1. The van der Waals surface area contributed by atoms with Gasteiger partial charge in [-0.15, -0.1) is 0 Å². The Morgan fingerprint density at radius 2 is 2.05 bits per heavy atom. The monoisotopic (exact) mass is 273 g/mol. The lowest BCUT2D eigenvalue weighted by atomic mass is 10.1. The molecule has 1 rings (SSSR count). The average Bonchev–Trinajstić information content (AvgIpc) is 2.76. The normalized spacial score (nSPS) is 20.6. The van der Waals surface area contributed by atoms with E-state index in [0.717, 1.165) is 12.8 Å². The maximum absolute atomic E-state index is 11.7. The van der Waals surface area contributed by atoms with Crippen molar-refractivity contribution in [2.24, 2.45) is 5.92 Å². The van der Waals surface area contributed by atoms with Crippen molar-refractivity contribution in [3.05, 3.63) is 0 Å². The molecule has 0 bridgehead atoms. The molecule has 0 aliphatic carbocycles. The predicted molar refractivity (Wildman–Crippen MR) is 69.0 cm³/mol. The number of rotatable bonds is 6. The highest BCUT2D eigenvalue weighted by Gasteiger charge is 2.27. The van der Waals surface area contributed by atoms with Crippen LogP contribution in [0.5, 0.6) is 0 Å². The molecule has 1 amide bonds. The summed E-state index contributed by atoms with van der Waals surface area (Å²) in [4.78, 5) is 23.9. The van der Waals surface area contributed by atoms with Crippen LogP contribution in [0.3, 0.4) is 0 Å². The zero-order valence-electron chi connectivity index (χ0n) is 11.8. The summed E-state index contributed by atoms with van der Waals surface area (Å²) in [6.45, 7) is 6.94. The first kappa shape index (κ1) is 15.8. The van der Waals surface area contributed by atoms with Gasteiger partial charge in [-0.3, -0.25) is 0 Å². The summed E-state index contributed by atoms with van der Waals surface area (Å²) in [5.41, 5.74) is 0. The molecule has 0 saturated carbocycles. The third-order valence-corrected chi connectivity index (χ3v) is 3.12. The molecule has 110 valence electrons. The van der Waals surface area contributed by atoms with E-state index in [9.17, 15) is 9.59 Å². The fourth-order valence-corrected chi connectivity index (χ4v) is 1.99. The summed E-state index contributed by atoms with van der Waals surface area (Å²) in [7, 11) is 0. The molecule has 1 aliphatic heterocycles. The predicted octanol–water partition coefficient (Wildman–Crippen LogP) is 1.73. The lowest BCUT2D eigenvalue weighted by Gasteiger charge is -2.18. The summed E-state index contributed by atoms with van der Waals surface area (Å²) >= 11 is 0. The van der Waals surface area contributed by atoms with Crippen molar-refractivity contribution in [1.29, 1.82) is 0 Å². The Hall–Kier alpha value is -1.30. The highest BCUT2D eigenvalue weighted by atomic mass is 16.6. The second kappa shape index (κ2) is 7.33. The van der Waals surface area contributed by atoms with Gasteiger partial charge < -0.3 is 19.5 Å². The van der Waals surface area contributed by atoms with Gasteiger partial charge in [0.15, 0.2) is 6.10 Å². The van der Waals surface area contributed by atoms with Crippen molar-refractivity contribution in [2.75, 3.05) is 19.7 Å². The molecule has 0 aromatic rings. The van der Waals surface area contributed by atoms with E-state index in [1.54, 1.807) is 4.90 Å². The van der Waals surface area contributed by atoms with Crippen LogP contribution in [-0.4, -0.2) is 54.0 Å². The van der Waals surface area contributed by atoms with Gasteiger partial charge in [0.05, 0.1) is 6.10 Å². The van der Waals surface area contributed by atoms with E-state index in [0.29, 0.717) is 25.6 Å². The Bertz CT molecular complexity index is 318. The van der Waals surface area contributed by atoms with Gasteiger partial charge in [0.1, 0.15) is 0 Å². The van der Waals surface area contributed by atoms with Gasteiger partial charge in [-0.1, -0.05) is 0 Å². The number of likely N-dealkylation sites (tertiary alicyclic amines) is 1. The van der Waals surface area contributed by atoms with E-state index in [1.807, 2.05) is 13.8 Å². The van der Waals surface area contributed by atoms with E-state index in [1.165, 1.54) is 6.92 Å². The minimum absolute atomic E-state index is 0.105. The van der Waals surface area contributed by atoms with Crippen molar-refractivity contribution in [3.8, 4) is 0 Å². The molecule has 1 heterocycles. The van der Waals surface area contributed by atoms with E-state index >= 15 is 0 Å². The molecule has 6 nitrogen and oxygen atoms in total. The largest absolute Gasteiger partial charge is 0.479 e. The van der Waals surface area contributed by atoms with E-state index in [-0.39, 0.29) is 12.2 Å². The molecule has 1 fully saturated rings. The second-order valence-electron chi connectivity index (χ2n) is 5.17. The van der Waals surface area contributed by atoms with Crippen LogP contribution in [0, 0.1) is 5.92 Å². The SMILES string of the molecule is CC(C)OC(=O)N1CCC(CCOC(C)C(=O)O)C1. The first-order valence-electron chi connectivity index (χ1n) is 6.70. The molecule has 1 N–H and O–H groups in total. The maximum Gasteiger partial charge on any atom is 0.410 e. The Balaban J connectivity index is 2.21. The van der Waals surface area contributed by atoms with Crippen LogP contribution in [0.15, 0.2) is 0 Å². The molecule has 1 aliphatic rings. The number of hydrogen-bond acceptors (Lipinski definition) is 4. The summed E-state index contributed by atoms with van der Waals surface area (Å²) in [5, 5.41) is 8.68. The lowest BCUT2D eigenvalue weighted by molar-refractivity contribution is -0.149. The van der Waals surface area contributed by atoms with Crippen molar-refractivity contribution in [2.45, 2.75) is 45.8 Å². The van der Waals surface area contributed by atoms with Gasteiger partial charge in [-0.25, -0.2) is 9.59 Å². The lowest BCUT2D eigenvalue weighted by Crippen LogP contribution is -2.31. The quantitative estimate of drug-likeness (QED) is 0.797. The van der Waals surface area contributed by atoms with Crippen molar-refractivity contribution < 1.29 is 24.2 Å². The molecule has 2 atom stereocenters. The number of amides is 1. The van der Waals surface area contributed by atoms with E-state index in [2.05, 4.69) is 0 Å². The van der Waals surface area contributed by atoms with Gasteiger partial charge in [0, 0.05) is 19.7 Å². The summed E-state index contributed by atoms with van der Waals surface area (Å²) in [6, 6.07) is 0. The minimum atomic E-state index is -0.950. The van der Waals surface area contributed by atoms with Crippen molar-refractivity contribution >= 4 is 12.1 Å². The Morgan fingerprint density at radius 3 is 2.63 bits per heavy atom. The van der Waals surface area contributed by atoms with Gasteiger partial charge in [0.2, 0.25) is 0 Å². The molecule has 0 spiro atoms. The fourth-order valence-electron chi connectivity index (χ4n) is 1.99. The summed E-state index contributed by atoms with van der Waals surface area (Å²) < 4.78 is 10.3. The Kier molecular flexibility index (Phi) is 6.08. The number of carboxylic acid groups (broad SMARTS) is 1. The Labute approximate surface area is 113 Å². The highest BCUT2D eigenvalue weighted by molar-refractivity contribution is 5.71. The van der Waals surface area contributed by atoms with E-state index < -0.39 is 12.1 Å². The van der Waals surface area contributed by atoms with Crippen LogP contribution >= 0.6 is 0 Å². The van der Waals surface area contributed by atoms with Crippen LogP contribution in [-0.2, 0) is 14.3 Å². The number of hydrogen-bond donors (Lipinski definition) is 1. The third kappa shape index (κ3) is 5.46. The zero-order chi connectivity index (χ0) is 14.4. The standard InChI is InChI=1S/C13H23NO5/c1-9(2)19-13(17)14-6-4-11(8-14)5-7-18-10(3)12(15)16/h9-11H,4-8H2,1-3H3,(H,15,16). The van der Waals surface area contributed by atoms with Crippen LogP contribution in [0.1, 0.15) is 33.6 Å². The molecule has 0 radical (unpaired) electrons. The smallest absolute Gasteiger partial charge is 0.410 e. The van der Waals surface area contributed by atoms with Crippen molar-refractivity contribution in [1.82, 2.24) is 4.90 Å². The molecule has 1 saturated heterocycles. The number of nitrogens with zero attached hydrogens (tertiary/aromatic N) is 1. The molecular formula is C13H23NO5. The zero-order valence-corrected chi connectivity index (χ0v) is 11.8. The number of carbonyl (C=O) groups excluding carboxylic acids is 1. The number of ether oxygens (including phenoxy) is 2. The summed E-state index contributed by atoms with van der Waals surface area (Å²) in [6.07, 6.45) is 0.535. The summed E-state index contributed by atoms with van der Waals surface area (Å²) in [5.74, 6) is -0.589. The van der Waals surface area contributed by atoms with Crippen molar-refractivity contribution in [3.63, 3.8) is 0 Å². The number of carbonyl (C=O) groups is 2.